The molecule has 0 N–H and O–H groups in total. The number of hydrogen-bond acceptors (Lipinski definition) is 3. The molecule has 0 radical (unpaired) electrons. The minimum absolute atomic E-state index is 0.283. The van der Waals surface area contributed by atoms with E-state index in [0.29, 0.717) is 16.3 Å². The van der Waals surface area contributed by atoms with E-state index >= 15 is 0 Å². The van der Waals surface area contributed by atoms with Crippen LogP contribution in [0.4, 0.5) is 0 Å². The molecule has 134 valence electrons. The highest BCUT2D eigenvalue weighted by Gasteiger charge is 2.18. The fourth-order valence-corrected chi connectivity index (χ4v) is 4.00. The molecule has 0 aliphatic heterocycles. The van der Waals surface area contributed by atoms with Gasteiger partial charge >= 0.3 is 0 Å². The predicted octanol–water partition coefficient (Wildman–Crippen LogP) is 5.43. The van der Waals surface area contributed by atoms with Crippen molar-refractivity contribution < 1.29 is 8.42 Å². The summed E-state index contributed by atoms with van der Waals surface area (Å²) < 4.78 is 24.5. The first-order valence-electron chi connectivity index (χ1n) is 8.44. The lowest BCUT2D eigenvalue weighted by molar-refractivity contribution is 0.602. The molecule has 0 amide bonds. The van der Waals surface area contributed by atoms with Gasteiger partial charge in [0.15, 0.2) is 9.84 Å². The van der Waals surface area contributed by atoms with E-state index in [4.69, 9.17) is 11.6 Å². The summed E-state index contributed by atoms with van der Waals surface area (Å²) in [5.74, 6) is 0. The van der Waals surface area contributed by atoms with Crippen molar-refractivity contribution in [1.29, 1.82) is 0 Å². The average Bonchev–Trinajstić information content (AvgIpc) is 2.62. The Bertz CT molecular complexity index is 1030. The quantitative estimate of drug-likeness (QED) is 0.588. The number of hydrogen-bond donors (Lipinski definition) is 0. The molecular formula is C21H20ClNO2S. The highest BCUT2D eigenvalue weighted by atomic mass is 35.5. The van der Waals surface area contributed by atoms with Crippen LogP contribution in [0.25, 0.3) is 22.4 Å². The number of sulfone groups is 1. The van der Waals surface area contributed by atoms with Crippen LogP contribution in [0.1, 0.15) is 18.9 Å². The average molecular weight is 386 g/mol. The van der Waals surface area contributed by atoms with Crippen LogP contribution in [0.5, 0.6) is 0 Å². The van der Waals surface area contributed by atoms with Gasteiger partial charge in [0.05, 0.1) is 10.6 Å². The maximum absolute atomic E-state index is 12.2. The van der Waals surface area contributed by atoms with E-state index in [1.165, 1.54) is 6.26 Å². The molecule has 3 nitrogen and oxygen atoms in total. The van der Waals surface area contributed by atoms with Crippen molar-refractivity contribution in [3.05, 3.63) is 71.4 Å². The zero-order chi connectivity index (χ0) is 18.7. The van der Waals surface area contributed by atoms with Gasteiger partial charge in [-0.15, -0.1) is 0 Å². The van der Waals surface area contributed by atoms with Crippen LogP contribution in [0, 0.1) is 0 Å². The second-order valence-corrected chi connectivity index (χ2v) is 8.69. The van der Waals surface area contributed by atoms with Gasteiger partial charge in [0.1, 0.15) is 0 Å². The Morgan fingerprint density at radius 1 is 1.00 bits per heavy atom. The van der Waals surface area contributed by atoms with E-state index < -0.39 is 9.84 Å². The summed E-state index contributed by atoms with van der Waals surface area (Å²) in [4.78, 5) is 4.93. The topological polar surface area (TPSA) is 47.0 Å². The minimum atomic E-state index is -3.37. The number of halogens is 1. The van der Waals surface area contributed by atoms with Crippen LogP contribution in [0.15, 0.2) is 65.7 Å². The van der Waals surface area contributed by atoms with Crippen molar-refractivity contribution >= 4 is 21.4 Å². The van der Waals surface area contributed by atoms with Crippen molar-refractivity contribution in [2.45, 2.75) is 24.7 Å². The van der Waals surface area contributed by atoms with Gasteiger partial charge in [-0.1, -0.05) is 55.3 Å². The van der Waals surface area contributed by atoms with Crippen LogP contribution in [0.3, 0.4) is 0 Å². The van der Waals surface area contributed by atoms with Crippen LogP contribution in [0.2, 0.25) is 5.02 Å². The third-order valence-electron chi connectivity index (χ3n) is 4.18. The number of nitrogens with zero attached hydrogens (tertiary/aromatic N) is 1. The van der Waals surface area contributed by atoms with Crippen LogP contribution in [-0.2, 0) is 16.3 Å². The molecular weight excluding hydrogens is 366 g/mol. The first kappa shape index (κ1) is 18.6. The van der Waals surface area contributed by atoms with Gasteiger partial charge in [-0.05, 0) is 41.8 Å². The van der Waals surface area contributed by atoms with Crippen molar-refractivity contribution in [2.24, 2.45) is 0 Å². The smallest absolute Gasteiger partial charge is 0.176 e. The van der Waals surface area contributed by atoms with Crippen molar-refractivity contribution in [3.63, 3.8) is 0 Å². The summed E-state index contributed by atoms with van der Waals surface area (Å²) in [6.45, 7) is 2.12. The third kappa shape index (κ3) is 3.97. The van der Waals surface area contributed by atoms with E-state index in [1.54, 1.807) is 18.2 Å². The number of aryl methyl sites for hydroxylation is 1. The summed E-state index contributed by atoms with van der Waals surface area (Å²) in [6.07, 6.45) is 4.99. The Labute approximate surface area is 159 Å². The van der Waals surface area contributed by atoms with E-state index in [2.05, 4.69) is 18.0 Å². The molecule has 3 rings (SSSR count). The molecule has 1 aromatic heterocycles. The molecule has 0 saturated carbocycles. The van der Waals surface area contributed by atoms with Crippen molar-refractivity contribution in [2.75, 3.05) is 6.26 Å². The van der Waals surface area contributed by atoms with E-state index in [0.717, 1.165) is 29.5 Å². The third-order valence-corrected chi connectivity index (χ3v) is 5.59. The number of pyridine rings is 1. The number of benzene rings is 2. The monoisotopic (exact) mass is 385 g/mol. The Morgan fingerprint density at radius 3 is 2.35 bits per heavy atom. The van der Waals surface area contributed by atoms with Crippen LogP contribution < -0.4 is 0 Å². The van der Waals surface area contributed by atoms with Gasteiger partial charge in [0.25, 0.3) is 0 Å². The second-order valence-electron chi connectivity index (χ2n) is 6.26. The number of aromatic nitrogens is 1. The van der Waals surface area contributed by atoms with Crippen molar-refractivity contribution in [1.82, 2.24) is 4.98 Å². The van der Waals surface area contributed by atoms with E-state index in [9.17, 15) is 8.42 Å². The largest absolute Gasteiger partial charge is 0.255 e. The van der Waals surface area contributed by atoms with Gasteiger partial charge in [0, 0.05) is 28.6 Å². The molecule has 0 aliphatic carbocycles. The molecule has 0 saturated heterocycles. The Kier molecular flexibility index (Phi) is 5.44. The van der Waals surface area contributed by atoms with Gasteiger partial charge in [-0.3, -0.25) is 4.98 Å². The predicted molar refractivity (Wildman–Crippen MR) is 107 cm³/mol. The molecule has 1 heterocycles. The normalized spacial score (nSPS) is 11.5. The highest BCUT2D eigenvalue weighted by molar-refractivity contribution is 7.90. The maximum Gasteiger partial charge on any atom is 0.176 e. The SMILES string of the molecule is CCCc1cnc(-c2ccccc2S(C)(=O)=O)c(-c2ccc(Cl)cc2)c1. The summed E-state index contributed by atoms with van der Waals surface area (Å²) in [5.41, 5.74) is 4.26. The fourth-order valence-electron chi connectivity index (χ4n) is 2.98. The standard InChI is InChI=1S/C21H20ClNO2S/c1-3-6-15-13-19(16-9-11-17(22)12-10-16)21(23-14-15)18-7-4-5-8-20(18)26(2,24)25/h4-5,7-14H,3,6H2,1-2H3. The summed E-state index contributed by atoms with van der Waals surface area (Å²) in [5, 5.41) is 0.657. The second kappa shape index (κ2) is 7.60. The molecule has 0 unspecified atom stereocenters. The van der Waals surface area contributed by atoms with E-state index in [1.807, 2.05) is 36.5 Å². The molecule has 5 heteroatoms. The molecule has 0 spiro atoms. The Hall–Kier alpha value is -2.17. The summed E-state index contributed by atoms with van der Waals surface area (Å²) >= 11 is 6.03. The highest BCUT2D eigenvalue weighted by Crippen LogP contribution is 2.35. The molecule has 0 aliphatic rings. The molecule has 26 heavy (non-hydrogen) atoms. The maximum atomic E-state index is 12.2. The first-order valence-corrected chi connectivity index (χ1v) is 10.7. The number of rotatable bonds is 5. The van der Waals surface area contributed by atoms with Crippen LogP contribution in [-0.4, -0.2) is 19.7 Å². The lowest BCUT2D eigenvalue weighted by atomic mass is 9.97. The first-order chi connectivity index (χ1) is 12.4. The van der Waals surface area contributed by atoms with E-state index in [-0.39, 0.29) is 4.90 Å². The van der Waals surface area contributed by atoms with Crippen molar-refractivity contribution in [3.8, 4) is 22.4 Å². The molecule has 0 atom stereocenters. The minimum Gasteiger partial charge on any atom is -0.255 e. The fraction of sp³-hybridized carbons (Fsp3) is 0.190. The molecule has 2 aromatic carbocycles. The zero-order valence-corrected chi connectivity index (χ0v) is 16.3. The lowest BCUT2D eigenvalue weighted by Crippen LogP contribution is -2.02. The Morgan fingerprint density at radius 2 is 1.69 bits per heavy atom. The Balaban J connectivity index is 2.27. The summed E-state index contributed by atoms with van der Waals surface area (Å²) in [7, 11) is -3.37. The lowest BCUT2D eigenvalue weighted by Gasteiger charge is -2.14. The van der Waals surface area contributed by atoms with Gasteiger partial charge in [-0.2, -0.15) is 0 Å². The van der Waals surface area contributed by atoms with Gasteiger partial charge in [0.2, 0.25) is 0 Å². The summed E-state index contributed by atoms with van der Waals surface area (Å²) in [6, 6.07) is 16.6. The molecule has 3 aromatic rings. The van der Waals surface area contributed by atoms with Crippen LogP contribution >= 0.6 is 11.6 Å². The zero-order valence-electron chi connectivity index (χ0n) is 14.7. The van der Waals surface area contributed by atoms with Gasteiger partial charge in [-0.25, -0.2) is 8.42 Å². The molecule has 0 bridgehead atoms. The molecule has 0 fully saturated rings. The van der Waals surface area contributed by atoms with Gasteiger partial charge < -0.3 is 0 Å².